The Morgan fingerprint density at radius 1 is 1.22 bits per heavy atom. The van der Waals surface area contributed by atoms with Gasteiger partial charge in [0.05, 0.1) is 5.69 Å². The number of aromatic nitrogens is 3. The minimum Gasteiger partial charge on any atom is -0.339 e. The molecule has 0 aliphatic rings. The van der Waals surface area contributed by atoms with E-state index in [4.69, 9.17) is 0 Å². The van der Waals surface area contributed by atoms with Crippen LogP contribution in [-0.2, 0) is 0 Å². The highest BCUT2D eigenvalue weighted by atomic mass is 16.2. The normalized spacial score (nSPS) is 10.9. The van der Waals surface area contributed by atoms with Crippen LogP contribution < -0.4 is 5.56 Å². The van der Waals surface area contributed by atoms with Crippen LogP contribution in [0.2, 0.25) is 0 Å². The van der Waals surface area contributed by atoms with Crippen molar-refractivity contribution in [1.29, 1.82) is 0 Å². The van der Waals surface area contributed by atoms with Crippen molar-refractivity contribution < 1.29 is 4.79 Å². The second-order valence-corrected chi connectivity index (χ2v) is 5.17. The van der Waals surface area contributed by atoms with E-state index in [-0.39, 0.29) is 11.5 Å². The predicted molar refractivity (Wildman–Crippen MR) is 88.5 cm³/mol. The van der Waals surface area contributed by atoms with E-state index < -0.39 is 0 Å². The first-order valence-corrected chi connectivity index (χ1v) is 7.61. The molecule has 1 N–H and O–H groups in total. The van der Waals surface area contributed by atoms with Crippen molar-refractivity contribution in [3.8, 4) is 11.3 Å². The Labute approximate surface area is 133 Å². The number of benzene rings is 1. The number of carbonyl (C=O) groups excluding carboxylic acids is 1. The number of aromatic amines is 1. The molecule has 1 aromatic carbocycles. The number of H-pyrrole nitrogens is 1. The van der Waals surface area contributed by atoms with E-state index in [1.54, 1.807) is 11.1 Å². The number of carbonyl (C=O) groups is 1. The number of hydrogen-bond donors (Lipinski definition) is 1. The molecular weight excluding hydrogens is 292 g/mol. The molecule has 0 radical (unpaired) electrons. The molecule has 118 valence electrons. The Bertz CT molecular complexity index is 892. The van der Waals surface area contributed by atoms with Crippen LogP contribution >= 0.6 is 0 Å². The number of hydrogen-bond acceptors (Lipinski definition) is 3. The van der Waals surface area contributed by atoms with E-state index in [2.05, 4.69) is 10.1 Å². The molecule has 0 aliphatic heterocycles. The maximum Gasteiger partial charge on any atom is 0.273 e. The zero-order valence-electron chi connectivity index (χ0n) is 13.1. The summed E-state index contributed by atoms with van der Waals surface area (Å²) in [5.41, 5.74) is 1.92. The van der Waals surface area contributed by atoms with Gasteiger partial charge < -0.3 is 4.90 Å². The molecule has 0 saturated heterocycles. The van der Waals surface area contributed by atoms with Crippen molar-refractivity contribution in [3.63, 3.8) is 0 Å². The Balaban J connectivity index is 2.17. The maximum absolute atomic E-state index is 12.6. The van der Waals surface area contributed by atoms with Crippen LogP contribution in [0, 0.1) is 0 Å². The molecule has 2 heterocycles. The van der Waals surface area contributed by atoms with Crippen molar-refractivity contribution in [2.45, 2.75) is 13.8 Å². The molecule has 6 nitrogen and oxygen atoms in total. The number of amides is 1. The summed E-state index contributed by atoms with van der Waals surface area (Å²) < 4.78 is 1.29. The van der Waals surface area contributed by atoms with Crippen molar-refractivity contribution in [3.05, 3.63) is 58.5 Å². The van der Waals surface area contributed by atoms with Gasteiger partial charge in [-0.2, -0.15) is 0 Å². The van der Waals surface area contributed by atoms with Crippen LogP contribution in [0.4, 0.5) is 0 Å². The van der Waals surface area contributed by atoms with Gasteiger partial charge >= 0.3 is 0 Å². The third-order valence-electron chi connectivity index (χ3n) is 3.85. The molecule has 1 amide bonds. The van der Waals surface area contributed by atoms with Crippen molar-refractivity contribution in [1.82, 2.24) is 19.5 Å². The summed E-state index contributed by atoms with van der Waals surface area (Å²) in [5, 5.41) is 2.81. The molecule has 0 spiro atoms. The molecule has 0 aliphatic carbocycles. The molecule has 6 heteroatoms. The first kappa shape index (κ1) is 15.0. The van der Waals surface area contributed by atoms with Gasteiger partial charge in [-0.25, -0.2) is 9.50 Å². The lowest BCUT2D eigenvalue weighted by Gasteiger charge is -2.17. The number of nitrogens with zero attached hydrogens (tertiary/aromatic N) is 3. The van der Waals surface area contributed by atoms with Crippen molar-refractivity contribution >= 4 is 11.6 Å². The smallest absolute Gasteiger partial charge is 0.273 e. The highest BCUT2D eigenvalue weighted by Crippen LogP contribution is 2.17. The molecular formula is C17H18N4O2. The molecule has 3 aromatic rings. The second kappa shape index (κ2) is 6.08. The maximum atomic E-state index is 12.6. The summed E-state index contributed by atoms with van der Waals surface area (Å²) in [6.45, 7) is 5.06. The monoisotopic (exact) mass is 310 g/mol. The summed E-state index contributed by atoms with van der Waals surface area (Å²) >= 11 is 0. The molecule has 0 unspecified atom stereocenters. The zero-order chi connectivity index (χ0) is 16.4. The van der Waals surface area contributed by atoms with Crippen LogP contribution in [-0.4, -0.2) is 38.5 Å². The molecule has 0 fully saturated rings. The van der Waals surface area contributed by atoms with Crippen molar-refractivity contribution in [2.24, 2.45) is 0 Å². The lowest BCUT2D eigenvalue weighted by molar-refractivity contribution is 0.0774. The molecule has 0 saturated carbocycles. The van der Waals surface area contributed by atoms with Crippen LogP contribution in [0.3, 0.4) is 0 Å². The van der Waals surface area contributed by atoms with E-state index in [0.29, 0.717) is 30.0 Å². The summed E-state index contributed by atoms with van der Waals surface area (Å²) in [6.07, 6.45) is 1.54. The van der Waals surface area contributed by atoms with Gasteiger partial charge in [0.25, 0.3) is 11.5 Å². The predicted octanol–water partition coefficient (Wildman–Crippen LogP) is 2.17. The van der Waals surface area contributed by atoms with Gasteiger partial charge in [-0.05, 0) is 13.8 Å². The van der Waals surface area contributed by atoms with Gasteiger partial charge in [-0.15, -0.1) is 0 Å². The molecule has 2 aromatic heterocycles. The van der Waals surface area contributed by atoms with Gasteiger partial charge in [0, 0.05) is 30.9 Å². The highest BCUT2D eigenvalue weighted by Gasteiger charge is 2.19. The SMILES string of the molecule is CCN(CC)C(=O)c1c[nH]n2c(=O)cc(-c3ccccc3)nc12. The van der Waals surface area contributed by atoms with Crippen LogP contribution in [0.1, 0.15) is 24.2 Å². The topological polar surface area (TPSA) is 70.5 Å². The molecule has 0 atom stereocenters. The standard InChI is InChI=1S/C17H18N4O2/c1-3-20(4-2)17(23)13-11-18-21-15(22)10-14(19-16(13)21)12-8-6-5-7-9-12/h5-11,18H,3-4H2,1-2H3. The number of rotatable bonds is 4. The van der Waals surface area contributed by atoms with Crippen LogP contribution in [0.15, 0.2) is 47.4 Å². The number of fused-ring (bicyclic) bond motifs is 1. The number of nitrogens with one attached hydrogen (secondary N) is 1. The average molecular weight is 310 g/mol. The van der Waals surface area contributed by atoms with Gasteiger partial charge in [0.15, 0.2) is 5.65 Å². The largest absolute Gasteiger partial charge is 0.339 e. The average Bonchev–Trinajstić information content (AvgIpc) is 3.01. The quantitative estimate of drug-likeness (QED) is 0.803. The molecule has 23 heavy (non-hydrogen) atoms. The summed E-state index contributed by atoms with van der Waals surface area (Å²) in [7, 11) is 0. The lowest BCUT2D eigenvalue weighted by Crippen LogP contribution is -2.30. The fraction of sp³-hybridized carbons (Fsp3) is 0.235. The Morgan fingerprint density at radius 2 is 1.91 bits per heavy atom. The first-order valence-electron chi connectivity index (χ1n) is 7.61. The zero-order valence-corrected chi connectivity index (χ0v) is 13.1. The summed E-state index contributed by atoms with van der Waals surface area (Å²) in [4.78, 5) is 31.1. The third kappa shape index (κ3) is 2.63. The molecule has 3 rings (SSSR count). The van der Waals surface area contributed by atoms with Crippen molar-refractivity contribution in [2.75, 3.05) is 13.1 Å². The Kier molecular flexibility index (Phi) is 3.97. The van der Waals surface area contributed by atoms with Gasteiger partial charge in [0.2, 0.25) is 0 Å². The first-order chi connectivity index (χ1) is 11.2. The second-order valence-electron chi connectivity index (χ2n) is 5.17. The minimum atomic E-state index is -0.243. The van der Waals surface area contributed by atoms with Gasteiger partial charge in [0.1, 0.15) is 5.56 Å². The third-order valence-corrected chi connectivity index (χ3v) is 3.85. The Morgan fingerprint density at radius 3 is 2.57 bits per heavy atom. The van der Waals surface area contributed by atoms with Crippen LogP contribution in [0.5, 0.6) is 0 Å². The van der Waals surface area contributed by atoms with E-state index in [9.17, 15) is 9.59 Å². The summed E-state index contributed by atoms with van der Waals surface area (Å²) in [6, 6.07) is 10.9. The van der Waals surface area contributed by atoms with Gasteiger partial charge in [-0.3, -0.25) is 14.7 Å². The van der Waals surface area contributed by atoms with Crippen LogP contribution in [0.25, 0.3) is 16.9 Å². The van der Waals surface area contributed by atoms with E-state index >= 15 is 0 Å². The van der Waals surface area contributed by atoms with E-state index in [1.165, 1.54) is 10.6 Å². The molecule has 0 bridgehead atoms. The Hall–Kier alpha value is -2.89. The van der Waals surface area contributed by atoms with E-state index in [0.717, 1.165) is 5.56 Å². The fourth-order valence-corrected chi connectivity index (χ4v) is 2.58. The lowest BCUT2D eigenvalue weighted by atomic mass is 10.1. The van der Waals surface area contributed by atoms with Gasteiger partial charge in [-0.1, -0.05) is 30.3 Å². The summed E-state index contributed by atoms with van der Waals surface area (Å²) in [5.74, 6) is -0.133. The minimum absolute atomic E-state index is 0.133. The van der Waals surface area contributed by atoms with E-state index in [1.807, 2.05) is 44.2 Å². The fourth-order valence-electron chi connectivity index (χ4n) is 2.58. The highest BCUT2D eigenvalue weighted by molar-refractivity contribution is 5.99.